The van der Waals surface area contributed by atoms with Crippen LogP contribution < -0.4 is 14.8 Å². The molecule has 2 aromatic carbocycles. The molecule has 0 amide bonds. The predicted molar refractivity (Wildman–Crippen MR) is 85.2 cm³/mol. The van der Waals surface area contributed by atoms with Crippen LogP contribution in [0.15, 0.2) is 42.5 Å². The summed E-state index contributed by atoms with van der Waals surface area (Å²) in [6.45, 7) is 4.51. The highest BCUT2D eigenvalue weighted by molar-refractivity contribution is 5.47. The van der Waals surface area contributed by atoms with Gasteiger partial charge in [0.2, 0.25) is 0 Å². The number of hydrogen-bond donors (Lipinski definition) is 1. The normalized spacial score (nSPS) is 12.6. The standard InChI is InChI=1S/C18H21NO2/c1-2-10-20-17-6-4-16(5-7-17)19-13-14-3-8-18-15(12-14)9-11-21-18/h3-8,12,19H,2,9-11,13H2,1H3. The summed E-state index contributed by atoms with van der Waals surface area (Å²) in [4.78, 5) is 0. The first kappa shape index (κ1) is 13.8. The Balaban J connectivity index is 1.57. The average Bonchev–Trinajstić information content (AvgIpc) is 2.99. The zero-order valence-electron chi connectivity index (χ0n) is 12.4. The van der Waals surface area contributed by atoms with E-state index in [1.54, 1.807) is 0 Å². The molecule has 110 valence electrons. The largest absolute Gasteiger partial charge is 0.494 e. The van der Waals surface area contributed by atoms with Crippen LogP contribution in [0.3, 0.4) is 0 Å². The molecule has 3 rings (SSSR count). The van der Waals surface area contributed by atoms with Gasteiger partial charge in [-0.25, -0.2) is 0 Å². The monoisotopic (exact) mass is 283 g/mol. The Morgan fingerprint density at radius 2 is 2.00 bits per heavy atom. The van der Waals surface area contributed by atoms with Crippen molar-refractivity contribution in [3.05, 3.63) is 53.6 Å². The maximum Gasteiger partial charge on any atom is 0.122 e. The summed E-state index contributed by atoms with van der Waals surface area (Å²) in [6, 6.07) is 14.6. The summed E-state index contributed by atoms with van der Waals surface area (Å²) in [5, 5.41) is 3.44. The number of fused-ring (bicyclic) bond motifs is 1. The highest BCUT2D eigenvalue weighted by Gasteiger charge is 2.11. The number of anilines is 1. The van der Waals surface area contributed by atoms with Crippen LogP contribution in [0.25, 0.3) is 0 Å². The van der Waals surface area contributed by atoms with E-state index in [9.17, 15) is 0 Å². The van der Waals surface area contributed by atoms with Crippen LogP contribution in [0.4, 0.5) is 5.69 Å². The zero-order chi connectivity index (χ0) is 14.5. The van der Waals surface area contributed by atoms with Gasteiger partial charge < -0.3 is 14.8 Å². The van der Waals surface area contributed by atoms with Gasteiger partial charge in [0.15, 0.2) is 0 Å². The molecule has 0 unspecified atom stereocenters. The van der Waals surface area contributed by atoms with Crippen molar-refractivity contribution in [1.82, 2.24) is 0 Å². The topological polar surface area (TPSA) is 30.5 Å². The van der Waals surface area contributed by atoms with Crippen LogP contribution in [0.5, 0.6) is 11.5 Å². The van der Waals surface area contributed by atoms with E-state index in [2.05, 4.69) is 42.6 Å². The molecule has 21 heavy (non-hydrogen) atoms. The van der Waals surface area contributed by atoms with E-state index in [0.29, 0.717) is 0 Å². The second kappa shape index (κ2) is 6.53. The van der Waals surface area contributed by atoms with Crippen LogP contribution in [-0.2, 0) is 13.0 Å². The van der Waals surface area contributed by atoms with E-state index in [-0.39, 0.29) is 0 Å². The highest BCUT2D eigenvalue weighted by atomic mass is 16.5. The lowest BCUT2D eigenvalue weighted by molar-refractivity contribution is 0.317. The zero-order valence-corrected chi connectivity index (χ0v) is 12.4. The van der Waals surface area contributed by atoms with Crippen LogP contribution in [0, 0.1) is 0 Å². The fraction of sp³-hybridized carbons (Fsp3) is 0.333. The molecule has 0 radical (unpaired) electrons. The number of benzene rings is 2. The van der Waals surface area contributed by atoms with Crippen LogP contribution in [-0.4, -0.2) is 13.2 Å². The van der Waals surface area contributed by atoms with Gasteiger partial charge in [0.25, 0.3) is 0 Å². The quantitative estimate of drug-likeness (QED) is 0.868. The summed E-state index contributed by atoms with van der Waals surface area (Å²) in [5.74, 6) is 1.97. The first-order chi connectivity index (χ1) is 10.3. The molecule has 1 heterocycles. The van der Waals surface area contributed by atoms with Crippen molar-refractivity contribution in [1.29, 1.82) is 0 Å². The van der Waals surface area contributed by atoms with Crippen LogP contribution >= 0.6 is 0 Å². The van der Waals surface area contributed by atoms with Gasteiger partial charge in [-0.2, -0.15) is 0 Å². The molecule has 1 aliphatic heterocycles. The minimum atomic E-state index is 0.768. The molecule has 0 atom stereocenters. The number of hydrogen-bond acceptors (Lipinski definition) is 3. The molecule has 0 fully saturated rings. The fourth-order valence-electron chi connectivity index (χ4n) is 2.44. The van der Waals surface area contributed by atoms with Crippen molar-refractivity contribution >= 4 is 5.69 Å². The maximum absolute atomic E-state index is 5.58. The van der Waals surface area contributed by atoms with Gasteiger partial charge in [0.1, 0.15) is 11.5 Å². The molecule has 1 N–H and O–H groups in total. The van der Waals surface area contributed by atoms with Crippen molar-refractivity contribution in [3.63, 3.8) is 0 Å². The van der Waals surface area contributed by atoms with Gasteiger partial charge in [-0.05, 0) is 47.9 Å². The van der Waals surface area contributed by atoms with Gasteiger partial charge in [-0.1, -0.05) is 19.1 Å². The van der Waals surface area contributed by atoms with Crippen molar-refractivity contribution < 1.29 is 9.47 Å². The molecule has 0 bridgehead atoms. The maximum atomic E-state index is 5.58. The lowest BCUT2D eigenvalue weighted by Gasteiger charge is -2.09. The highest BCUT2D eigenvalue weighted by Crippen LogP contribution is 2.26. The predicted octanol–water partition coefficient (Wildman–Crippen LogP) is 4.02. The molecule has 0 aliphatic carbocycles. The van der Waals surface area contributed by atoms with Crippen molar-refractivity contribution in [3.8, 4) is 11.5 Å². The van der Waals surface area contributed by atoms with Crippen LogP contribution in [0.1, 0.15) is 24.5 Å². The second-order valence-electron chi connectivity index (χ2n) is 5.27. The molecule has 0 saturated heterocycles. The van der Waals surface area contributed by atoms with Gasteiger partial charge in [-0.3, -0.25) is 0 Å². The van der Waals surface area contributed by atoms with E-state index in [4.69, 9.17) is 9.47 Å². The molecule has 0 saturated carbocycles. The Hall–Kier alpha value is -2.16. The van der Waals surface area contributed by atoms with E-state index in [0.717, 1.165) is 49.8 Å². The fourth-order valence-corrected chi connectivity index (χ4v) is 2.44. The Kier molecular flexibility index (Phi) is 4.29. The molecule has 3 nitrogen and oxygen atoms in total. The minimum absolute atomic E-state index is 0.768. The van der Waals surface area contributed by atoms with E-state index in [1.807, 2.05) is 12.1 Å². The van der Waals surface area contributed by atoms with E-state index >= 15 is 0 Å². The average molecular weight is 283 g/mol. The first-order valence-electron chi connectivity index (χ1n) is 7.56. The van der Waals surface area contributed by atoms with E-state index < -0.39 is 0 Å². The van der Waals surface area contributed by atoms with Crippen molar-refractivity contribution in [2.75, 3.05) is 18.5 Å². The van der Waals surface area contributed by atoms with Crippen molar-refractivity contribution in [2.45, 2.75) is 26.3 Å². The van der Waals surface area contributed by atoms with Gasteiger partial charge in [0.05, 0.1) is 13.2 Å². The Morgan fingerprint density at radius 3 is 2.81 bits per heavy atom. The molecular weight excluding hydrogens is 262 g/mol. The van der Waals surface area contributed by atoms with Gasteiger partial charge >= 0.3 is 0 Å². The summed E-state index contributed by atoms with van der Waals surface area (Å²) >= 11 is 0. The Morgan fingerprint density at radius 1 is 1.14 bits per heavy atom. The van der Waals surface area contributed by atoms with E-state index in [1.165, 1.54) is 11.1 Å². The second-order valence-corrected chi connectivity index (χ2v) is 5.27. The Bertz CT molecular complexity index is 593. The SMILES string of the molecule is CCCOc1ccc(NCc2ccc3c(c2)CCO3)cc1. The van der Waals surface area contributed by atoms with Gasteiger partial charge in [-0.15, -0.1) is 0 Å². The third-order valence-corrected chi connectivity index (χ3v) is 3.58. The smallest absolute Gasteiger partial charge is 0.122 e. The Labute approximate surface area is 125 Å². The molecule has 0 aromatic heterocycles. The third kappa shape index (κ3) is 3.48. The molecule has 0 spiro atoms. The lowest BCUT2D eigenvalue weighted by atomic mass is 10.1. The first-order valence-corrected chi connectivity index (χ1v) is 7.56. The van der Waals surface area contributed by atoms with Crippen molar-refractivity contribution in [2.24, 2.45) is 0 Å². The molecular formula is C18H21NO2. The summed E-state index contributed by atoms with van der Waals surface area (Å²) in [5.41, 5.74) is 3.71. The number of nitrogens with one attached hydrogen (secondary N) is 1. The molecule has 3 heteroatoms. The lowest BCUT2D eigenvalue weighted by Crippen LogP contribution is -2.00. The van der Waals surface area contributed by atoms with Crippen LogP contribution in [0.2, 0.25) is 0 Å². The minimum Gasteiger partial charge on any atom is -0.494 e. The number of rotatable bonds is 6. The summed E-state index contributed by atoms with van der Waals surface area (Å²) in [6.07, 6.45) is 2.05. The molecule has 1 aliphatic rings. The molecule has 2 aromatic rings. The van der Waals surface area contributed by atoms with Gasteiger partial charge in [0, 0.05) is 18.7 Å². The third-order valence-electron chi connectivity index (χ3n) is 3.58. The number of ether oxygens (including phenoxy) is 2. The summed E-state index contributed by atoms with van der Waals surface area (Å²) in [7, 11) is 0. The summed E-state index contributed by atoms with van der Waals surface area (Å²) < 4.78 is 11.1.